The van der Waals surface area contributed by atoms with E-state index in [9.17, 15) is 0 Å². The lowest BCUT2D eigenvalue weighted by atomic mass is 10.1. The minimum atomic E-state index is -0.0631. The van der Waals surface area contributed by atoms with Crippen molar-refractivity contribution in [2.75, 3.05) is 6.54 Å². The van der Waals surface area contributed by atoms with Gasteiger partial charge in [0.25, 0.3) is 0 Å². The lowest BCUT2D eigenvalue weighted by Gasteiger charge is -2.24. The second-order valence-corrected chi connectivity index (χ2v) is 4.66. The van der Waals surface area contributed by atoms with Crippen molar-refractivity contribution in [1.82, 2.24) is 4.90 Å². The molecule has 0 aromatic carbocycles. The van der Waals surface area contributed by atoms with Crippen molar-refractivity contribution in [3.05, 3.63) is 0 Å². The summed E-state index contributed by atoms with van der Waals surface area (Å²) >= 11 is 0. The van der Waals surface area contributed by atoms with Crippen LogP contribution >= 0.6 is 0 Å². The van der Waals surface area contributed by atoms with E-state index in [1.807, 2.05) is 0 Å². The van der Waals surface area contributed by atoms with Crippen LogP contribution in [0.4, 0.5) is 0 Å². The number of rotatable bonds is 2. The van der Waals surface area contributed by atoms with Crippen LogP contribution in [0.15, 0.2) is 4.99 Å². The molecular weight excluding hydrogens is 162 g/mol. The van der Waals surface area contributed by atoms with Crippen LogP contribution in [0.25, 0.3) is 0 Å². The highest BCUT2D eigenvalue weighted by Gasteiger charge is 2.29. The predicted molar refractivity (Wildman–Crippen MR) is 56.8 cm³/mol. The molecule has 0 aliphatic heterocycles. The summed E-state index contributed by atoms with van der Waals surface area (Å²) in [5.41, 5.74) is 5.87. The third-order valence-corrected chi connectivity index (χ3v) is 2.07. The van der Waals surface area contributed by atoms with Crippen molar-refractivity contribution in [3.63, 3.8) is 0 Å². The standard InChI is InChI=1S/C10H21N3/c1-5-13(8-6-7-8)9(11)12-10(2,3)4/h8H,5-7H2,1-4H3,(H2,11,12). The first-order chi connectivity index (χ1) is 5.94. The summed E-state index contributed by atoms with van der Waals surface area (Å²) in [5.74, 6) is 0.706. The Bertz CT molecular complexity index is 199. The number of hydrogen-bond donors (Lipinski definition) is 1. The van der Waals surface area contributed by atoms with Gasteiger partial charge in [0.2, 0.25) is 0 Å². The number of nitrogens with zero attached hydrogens (tertiary/aromatic N) is 2. The summed E-state index contributed by atoms with van der Waals surface area (Å²) < 4.78 is 0. The third kappa shape index (κ3) is 3.25. The molecule has 0 spiro atoms. The SMILES string of the molecule is CCN(C(N)=NC(C)(C)C)C1CC1. The fraction of sp³-hybridized carbons (Fsp3) is 0.900. The quantitative estimate of drug-likeness (QED) is 0.521. The molecule has 1 aliphatic rings. The second kappa shape index (κ2) is 3.56. The molecule has 0 radical (unpaired) electrons. The van der Waals surface area contributed by atoms with E-state index < -0.39 is 0 Å². The first-order valence-corrected chi connectivity index (χ1v) is 5.06. The normalized spacial score (nSPS) is 18.9. The van der Waals surface area contributed by atoms with Gasteiger partial charge in [-0.05, 0) is 40.5 Å². The zero-order valence-electron chi connectivity index (χ0n) is 9.17. The Morgan fingerprint density at radius 1 is 1.46 bits per heavy atom. The molecule has 0 aromatic heterocycles. The zero-order valence-corrected chi connectivity index (χ0v) is 9.17. The van der Waals surface area contributed by atoms with E-state index in [0.29, 0.717) is 12.0 Å². The van der Waals surface area contributed by atoms with Gasteiger partial charge in [-0.2, -0.15) is 0 Å². The first-order valence-electron chi connectivity index (χ1n) is 5.06. The summed E-state index contributed by atoms with van der Waals surface area (Å²) in [7, 11) is 0. The van der Waals surface area contributed by atoms with Gasteiger partial charge in [0.15, 0.2) is 5.96 Å². The Morgan fingerprint density at radius 3 is 2.31 bits per heavy atom. The first kappa shape index (κ1) is 10.4. The molecule has 2 N–H and O–H groups in total. The minimum Gasteiger partial charge on any atom is -0.370 e. The Kier molecular flexibility index (Phi) is 2.84. The van der Waals surface area contributed by atoms with E-state index in [0.717, 1.165) is 6.54 Å². The van der Waals surface area contributed by atoms with Crippen LogP contribution in [0.5, 0.6) is 0 Å². The molecule has 1 rings (SSSR count). The van der Waals surface area contributed by atoms with Crippen molar-refractivity contribution in [1.29, 1.82) is 0 Å². The van der Waals surface area contributed by atoms with E-state index in [1.54, 1.807) is 0 Å². The number of guanidine groups is 1. The molecule has 3 heteroatoms. The van der Waals surface area contributed by atoms with Gasteiger partial charge in [-0.3, -0.25) is 0 Å². The monoisotopic (exact) mass is 183 g/mol. The zero-order chi connectivity index (χ0) is 10.1. The molecule has 0 unspecified atom stereocenters. The fourth-order valence-electron chi connectivity index (χ4n) is 1.40. The van der Waals surface area contributed by atoms with E-state index in [4.69, 9.17) is 5.73 Å². The van der Waals surface area contributed by atoms with Crippen molar-refractivity contribution >= 4 is 5.96 Å². The summed E-state index contributed by atoms with van der Waals surface area (Å²) in [6, 6.07) is 0.663. The Labute approximate surface area is 81.0 Å². The van der Waals surface area contributed by atoms with Gasteiger partial charge in [0.05, 0.1) is 5.54 Å². The van der Waals surface area contributed by atoms with Crippen molar-refractivity contribution in [2.24, 2.45) is 10.7 Å². The molecular formula is C10H21N3. The topological polar surface area (TPSA) is 41.6 Å². The Balaban J connectivity index is 2.62. The van der Waals surface area contributed by atoms with Crippen LogP contribution in [-0.2, 0) is 0 Å². The minimum absolute atomic E-state index is 0.0631. The molecule has 0 aromatic rings. The highest BCUT2D eigenvalue weighted by Crippen LogP contribution is 2.26. The lowest BCUT2D eigenvalue weighted by Crippen LogP contribution is -2.40. The van der Waals surface area contributed by atoms with Crippen molar-refractivity contribution < 1.29 is 0 Å². The Hall–Kier alpha value is -0.730. The largest absolute Gasteiger partial charge is 0.370 e. The van der Waals surface area contributed by atoms with Crippen LogP contribution in [0, 0.1) is 0 Å². The molecule has 0 saturated heterocycles. The summed E-state index contributed by atoms with van der Waals surface area (Å²) in [5, 5.41) is 0. The summed E-state index contributed by atoms with van der Waals surface area (Å²) in [6.45, 7) is 9.31. The highest BCUT2D eigenvalue weighted by molar-refractivity contribution is 5.79. The van der Waals surface area contributed by atoms with Crippen molar-refractivity contribution in [2.45, 2.75) is 52.1 Å². The van der Waals surface area contributed by atoms with Crippen LogP contribution in [0.1, 0.15) is 40.5 Å². The van der Waals surface area contributed by atoms with E-state index in [1.165, 1.54) is 12.8 Å². The molecule has 0 bridgehead atoms. The van der Waals surface area contributed by atoms with Gasteiger partial charge in [-0.15, -0.1) is 0 Å². The maximum atomic E-state index is 5.93. The van der Waals surface area contributed by atoms with Gasteiger partial charge >= 0.3 is 0 Å². The van der Waals surface area contributed by atoms with Gasteiger partial charge in [0.1, 0.15) is 0 Å². The molecule has 3 nitrogen and oxygen atoms in total. The smallest absolute Gasteiger partial charge is 0.192 e. The van der Waals surface area contributed by atoms with E-state index >= 15 is 0 Å². The van der Waals surface area contributed by atoms with Crippen LogP contribution < -0.4 is 5.73 Å². The molecule has 0 heterocycles. The van der Waals surface area contributed by atoms with Crippen LogP contribution in [0.3, 0.4) is 0 Å². The maximum absolute atomic E-state index is 5.93. The van der Waals surface area contributed by atoms with Gasteiger partial charge in [-0.1, -0.05) is 0 Å². The van der Waals surface area contributed by atoms with E-state index in [2.05, 4.69) is 37.6 Å². The average molecular weight is 183 g/mol. The van der Waals surface area contributed by atoms with Crippen LogP contribution in [-0.4, -0.2) is 29.0 Å². The van der Waals surface area contributed by atoms with Gasteiger partial charge in [-0.25, -0.2) is 4.99 Å². The average Bonchev–Trinajstić information content (AvgIpc) is 2.68. The summed E-state index contributed by atoms with van der Waals surface area (Å²) in [4.78, 5) is 6.66. The lowest BCUT2D eigenvalue weighted by molar-refractivity contribution is 0.416. The van der Waals surface area contributed by atoms with Crippen LogP contribution in [0.2, 0.25) is 0 Å². The predicted octanol–water partition coefficient (Wildman–Crippen LogP) is 1.58. The fourth-order valence-corrected chi connectivity index (χ4v) is 1.40. The Morgan fingerprint density at radius 2 is 2.00 bits per heavy atom. The van der Waals surface area contributed by atoms with Gasteiger partial charge < -0.3 is 10.6 Å². The number of hydrogen-bond acceptors (Lipinski definition) is 1. The number of nitrogens with two attached hydrogens (primary N) is 1. The molecule has 13 heavy (non-hydrogen) atoms. The highest BCUT2D eigenvalue weighted by atomic mass is 15.3. The third-order valence-electron chi connectivity index (χ3n) is 2.07. The summed E-state index contributed by atoms with van der Waals surface area (Å²) in [6.07, 6.45) is 2.54. The molecule has 1 aliphatic carbocycles. The molecule has 0 atom stereocenters. The molecule has 0 amide bonds. The molecule has 76 valence electrons. The molecule has 1 saturated carbocycles. The second-order valence-electron chi connectivity index (χ2n) is 4.66. The van der Waals surface area contributed by atoms with Gasteiger partial charge in [0, 0.05) is 12.6 Å². The van der Waals surface area contributed by atoms with E-state index in [-0.39, 0.29) is 5.54 Å². The number of aliphatic imine (C=N–C) groups is 1. The van der Waals surface area contributed by atoms with Crippen molar-refractivity contribution in [3.8, 4) is 0 Å². The maximum Gasteiger partial charge on any atom is 0.192 e. The molecule has 1 fully saturated rings.